The summed E-state index contributed by atoms with van der Waals surface area (Å²) in [6, 6.07) is 13.0. The summed E-state index contributed by atoms with van der Waals surface area (Å²) in [5.41, 5.74) is 10.1. The molecule has 0 radical (unpaired) electrons. The fourth-order valence-corrected chi connectivity index (χ4v) is 2.26. The second-order valence-electron chi connectivity index (χ2n) is 4.69. The van der Waals surface area contributed by atoms with E-state index in [4.69, 9.17) is 10.5 Å². The Hall–Kier alpha value is -2.34. The quantitative estimate of drug-likeness (QED) is 0.632. The Labute approximate surface area is 137 Å². The molecule has 0 aliphatic rings. The number of rotatable bonds is 5. The van der Waals surface area contributed by atoms with Crippen LogP contribution in [-0.2, 0) is 6.61 Å². The van der Waals surface area contributed by atoms with Crippen LogP contribution in [0.1, 0.15) is 16.7 Å². The molecule has 0 unspecified atom stereocenters. The highest BCUT2D eigenvalue weighted by Crippen LogP contribution is 2.23. The molecule has 0 saturated carbocycles. The van der Waals surface area contributed by atoms with Crippen molar-refractivity contribution in [2.24, 2.45) is 10.8 Å². The molecule has 114 valence electrons. The van der Waals surface area contributed by atoms with E-state index in [1.54, 1.807) is 0 Å². The Morgan fingerprint density at radius 2 is 2.18 bits per heavy atom. The van der Waals surface area contributed by atoms with Crippen LogP contribution in [-0.4, -0.2) is 12.2 Å². The number of nitrogens with two attached hydrogens (primary N) is 1. The number of carbonyl (C=O) groups excluding carboxylic acids is 1. The van der Waals surface area contributed by atoms with Gasteiger partial charge >= 0.3 is 6.03 Å². The minimum Gasteiger partial charge on any atom is -0.488 e. The molecule has 2 amide bonds. The van der Waals surface area contributed by atoms with Gasteiger partial charge in [0.2, 0.25) is 0 Å². The van der Waals surface area contributed by atoms with E-state index in [2.05, 4.69) is 32.5 Å². The standard InChI is InChI=1S/C16H16BrN3O2/c1-11-3-2-4-12(7-11)10-22-15-6-5-14(17)8-13(15)9-19-20-16(18)21/h2-9H,10H2,1H3,(H3,18,20,21). The predicted molar refractivity (Wildman–Crippen MR) is 90.0 cm³/mol. The zero-order chi connectivity index (χ0) is 15.9. The molecule has 22 heavy (non-hydrogen) atoms. The average molecular weight is 362 g/mol. The average Bonchev–Trinajstić information content (AvgIpc) is 2.46. The lowest BCUT2D eigenvalue weighted by molar-refractivity contribution is 0.249. The molecule has 3 N–H and O–H groups in total. The lowest BCUT2D eigenvalue weighted by atomic mass is 10.1. The Balaban J connectivity index is 2.12. The molecule has 0 atom stereocenters. The summed E-state index contributed by atoms with van der Waals surface area (Å²) in [6.07, 6.45) is 1.49. The van der Waals surface area contributed by atoms with Crippen LogP contribution >= 0.6 is 15.9 Å². The molecule has 6 heteroatoms. The first-order valence-electron chi connectivity index (χ1n) is 6.61. The third-order valence-electron chi connectivity index (χ3n) is 2.83. The van der Waals surface area contributed by atoms with Gasteiger partial charge in [0, 0.05) is 10.0 Å². The fraction of sp³-hybridized carbons (Fsp3) is 0.125. The van der Waals surface area contributed by atoms with Crippen LogP contribution < -0.4 is 15.9 Å². The molecule has 0 bridgehead atoms. The monoisotopic (exact) mass is 361 g/mol. The molecule has 0 aromatic heterocycles. The topological polar surface area (TPSA) is 76.7 Å². The summed E-state index contributed by atoms with van der Waals surface area (Å²) < 4.78 is 6.72. The van der Waals surface area contributed by atoms with Crippen molar-refractivity contribution in [1.29, 1.82) is 0 Å². The number of urea groups is 1. The van der Waals surface area contributed by atoms with E-state index >= 15 is 0 Å². The molecule has 0 heterocycles. The van der Waals surface area contributed by atoms with Crippen molar-refractivity contribution in [2.75, 3.05) is 0 Å². The van der Waals surface area contributed by atoms with Gasteiger partial charge in [0.15, 0.2) is 0 Å². The van der Waals surface area contributed by atoms with Crippen LogP contribution in [0.3, 0.4) is 0 Å². The fourth-order valence-electron chi connectivity index (χ4n) is 1.88. The molecular formula is C16H16BrN3O2. The SMILES string of the molecule is Cc1cccc(COc2ccc(Br)cc2C=NNC(N)=O)c1. The van der Waals surface area contributed by atoms with E-state index in [1.807, 2.05) is 43.3 Å². The molecule has 2 aromatic carbocycles. The Morgan fingerprint density at radius 3 is 2.91 bits per heavy atom. The first-order chi connectivity index (χ1) is 10.5. The third-order valence-corrected chi connectivity index (χ3v) is 3.32. The van der Waals surface area contributed by atoms with Crippen LogP contribution in [0.15, 0.2) is 52.0 Å². The molecule has 2 rings (SSSR count). The van der Waals surface area contributed by atoms with Crippen molar-refractivity contribution in [1.82, 2.24) is 5.43 Å². The minimum atomic E-state index is -0.714. The molecule has 0 aliphatic carbocycles. The van der Waals surface area contributed by atoms with Crippen molar-refractivity contribution in [2.45, 2.75) is 13.5 Å². The van der Waals surface area contributed by atoms with Crippen LogP contribution in [0.25, 0.3) is 0 Å². The summed E-state index contributed by atoms with van der Waals surface area (Å²) in [5, 5.41) is 3.76. The lowest BCUT2D eigenvalue weighted by Gasteiger charge is -2.10. The highest BCUT2D eigenvalue weighted by molar-refractivity contribution is 9.10. The van der Waals surface area contributed by atoms with Gasteiger partial charge in [-0.3, -0.25) is 0 Å². The smallest absolute Gasteiger partial charge is 0.332 e. The van der Waals surface area contributed by atoms with Crippen LogP contribution in [0.4, 0.5) is 4.79 Å². The second kappa shape index (κ2) is 7.61. The number of aryl methyl sites for hydroxylation is 1. The largest absolute Gasteiger partial charge is 0.488 e. The van der Waals surface area contributed by atoms with Gasteiger partial charge in [-0.05, 0) is 30.7 Å². The molecule has 0 spiro atoms. The first-order valence-corrected chi connectivity index (χ1v) is 7.40. The number of nitrogens with one attached hydrogen (secondary N) is 1. The number of hydrogen-bond acceptors (Lipinski definition) is 3. The number of nitrogens with zero attached hydrogens (tertiary/aromatic N) is 1. The van der Waals surface area contributed by atoms with Crippen LogP contribution in [0.2, 0.25) is 0 Å². The van der Waals surface area contributed by atoms with E-state index in [0.717, 1.165) is 15.6 Å². The number of hydrogen-bond donors (Lipinski definition) is 2. The van der Waals surface area contributed by atoms with Crippen LogP contribution in [0.5, 0.6) is 5.75 Å². The number of carbonyl (C=O) groups is 1. The van der Waals surface area contributed by atoms with Gasteiger partial charge < -0.3 is 10.5 Å². The maximum absolute atomic E-state index is 10.6. The number of halogens is 1. The van der Waals surface area contributed by atoms with E-state index in [0.29, 0.717) is 12.4 Å². The Bertz CT molecular complexity index is 702. The van der Waals surface area contributed by atoms with Gasteiger partial charge in [-0.2, -0.15) is 5.10 Å². The second-order valence-corrected chi connectivity index (χ2v) is 5.61. The van der Waals surface area contributed by atoms with Crippen molar-refractivity contribution in [3.05, 3.63) is 63.6 Å². The minimum absolute atomic E-state index is 0.452. The van der Waals surface area contributed by atoms with Crippen molar-refractivity contribution in [3.8, 4) is 5.75 Å². The van der Waals surface area contributed by atoms with Gasteiger partial charge in [-0.25, -0.2) is 10.2 Å². The number of primary amides is 1. The summed E-state index contributed by atoms with van der Waals surface area (Å²) in [7, 11) is 0. The molecule has 5 nitrogen and oxygen atoms in total. The zero-order valence-corrected chi connectivity index (χ0v) is 13.6. The Morgan fingerprint density at radius 1 is 1.36 bits per heavy atom. The van der Waals surface area contributed by atoms with Crippen LogP contribution in [0, 0.1) is 6.92 Å². The molecule has 2 aromatic rings. The maximum Gasteiger partial charge on any atom is 0.332 e. The third kappa shape index (κ3) is 4.89. The zero-order valence-electron chi connectivity index (χ0n) is 12.0. The van der Waals surface area contributed by atoms with Crippen molar-refractivity contribution >= 4 is 28.2 Å². The van der Waals surface area contributed by atoms with E-state index < -0.39 is 6.03 Å². The van der Waals surface area contributed by atoms with E-state index in [-0.39, 0.29) is 0 Å². The summed E-state index contributed by atoms with van der Waals surface area (Å²) in [4.78, 5) is 10.6. The lowest BCUT2D eigenvalue weighted by Crippen LogP contribution is -2.24. The summed E-state index contributed by atoms with van der Waals surface area (Å²) >= 11 is 3.39. The number of ether oxygens (including phenoxy) is 1. The normalized spacial score (nSPS) is 10.6. The molecule has 0 saturated heterocycles. The van der Waals surface area contributed by atoms with Gasteiger partial charge in [-0.1, -0.05) is 45.8 Å². The van der Waals surface area contributed by atoms with Gasteiger partial charge in [-0.15, -0.1) is 0 Å². The molecule has 0 aliphatic heterocycles. The van der Waals surface area contributed by atoms with Crippen molar-refractivity contribution < 1.29 is 9.53 Å². The van der Waals surface area contributed by atoms with Crippen molar-refractivity contribution in [3.63, 3.8) is 0 Å². The first kappa shape index (κ1) is 16.0. The van der Waals surface area contributed by atoms with E-state index in [9.17, 15) is 4.79 Å². The number of benzene rings is 2. The highest BCUT2D eigenvalue weighted by atomic mass is 79.9. The molecular weight excluding hydrogens is 346 g/mol. The highest BCUT2D eigenvalue weighted by Gasteiger charge is 2.04. The predicted octanol–water partition coefficient (Wildman–Crippen LogP) is 3.34. The summed E-state index contributed by atoms with van der Waals surface area (Å²) in [6.45, 7) is 2.49. The maximum atomic E-state index is 10.6. The van der Waals surface area contributed by atoms with Gasteiger partial charge in [0.1, 0.15) is 12.4 Å². The number of hydrazone groups is 1. The van der Waals surface area contributed by atoms with Gasteiger partial charge in [0.25, 0.3) is 0 Å². The van der Waals surface area contributed by atoms with E-state index in [1.165, 1.54) is 11.8 Å². The number of amides is 2. The molecule has 0 fully saturated rings. The van der Waals surface area contributed by atoms with Gasteiger partial charge in [0.05, 0.1) is 6.21 Å². The Kier molecular flexibility index (Phi) is 5.55. The summed E-state index contributed by atoms with van der Waals surface area (Å²) in [5.74, 6) is 0.666.